The van der Waals surface area contributed by atoms with E-state index in [1.54, 1.807) is 17.0 Å². The van der Waals surface area contributed by atoms with Crippen molar-refractivity contribution in [3.05, 3.63) is 89.5 Å². The van der Waals surface area contributed by atoms with Gasteiger partial charge in [-0.1, -0.05) is 19.1 Å². The summed E-state index contributed by atoms with van der Waals surface area (Å²) in [4.78, 5) is 29.2. The summed E-state index contributed by atoms with van der Waals surface area (Å²) >= 11 is 0. The summed E-state index contributed by atoms with van der Waals surface area (Å²) in [6.07, 6.45) is 2.49. The van der Waals surface area contributed by atoms with Crippen LogP contribution in [-0.2, 0) is 11.3 Å². The molecular weight excluding hydrogens is 445 g/mol. The maximum atomic E-state index is 14.0. The Morgan fingerprint density at radius 3 is 2.56 bits per heavy atom. The van der Waals surface area contributed by atoms with E-state index < -0.39 is 29.5 Å². The standard InChI is InChI=1S/C25H25F3N4O2/c1-2-10-31(25(34)29-21-9-8-19(27)15-20(21)28)16-23(33)32-13-12-30-11-4-7-22(30)24(32)17-5-3-6-18(26)14-17/h3-9,11,14-15,24H,2,10,12-13,16H2,1H3,(H,29,34). The van der Waals surface area contributed by atoms with E-state index in [1.165, 1.54) is 17.0 Å². The average molecular weight is 470 g/mol. The summed E-state index contributed by atoms with van der Waals surface area (Å²) in [5, 5.41) is 2.41. The lowest BCUT2D eigenvalue weighted by Gasteiger charge is -2.38. The Labute approximate surface area is 195 Å². The van der Waals surface area contributed by atoms with Crippen molar-refractivity contribution in [1.29, 1.82) is 0 Å². The fourth-order valence-corrected chi connectivity index (χ4v) is 4.24. The van der Waals surface area contributed by atoms with Crippen LogP contribution in [0, 0.1) is 17.5 Å². The topological polar surface area (TPSA) is 57.6 Å². The number of carbonyl (C=O) groups is 2. The highest BCUT2D eigenvalue weighted by atomic mass is 19.1. The number of halogens is 3. The molecule has 0 spiro atoms. The average Bonchev–Trinajstić information content (AvgIpc) is 3.28. The van der Waals surface area contributed by atoms with E-state index >= 15 is 0 Å². The van der Waals surface area contributed by atoms with Gasteiger partial charge in [0, 0.05) is 37.6 Å². The SMILES string of the molecule is CCCN(CC(=O)N1CCn2cccc2C1c1cccc(F)c1)C(=O)Nc1ccc(F)cc1F. The summed E-state index contributed by atoms with van der Waals surface area (Å²) in [6.45, 7) is 2.83. The molecule has 2 aromatic carbocycles. The minimum absolute atomic E-state index is 0.173. The second-order valence-corrected chi connectivity index (χ2v) is 8.15. The summed E-state index contributed by atoms with van der Waals surface area (Å²) < 4.78 is 43.2. The second kappa shape index (κ2) is 10.0. The molecular formula is C25H25F3N4O2. The van der Waals surface area contributed by atoms with Crippen molar-refractivity contribution in [2.24, 2.45) is 0 Å². The second-order valence-electron chi connectivity index (χ2n) is 8.15. The van der Waals surface area contributed by atoms with Gasteiger partial charge in [0.15, 0.2) is 0 Å². The third-order valence-corrected chi connectivity index (χ3v) is 5.80. The first-order valence-electron chi connectivity index (χ1n) is 11.1. The summed E-state index contributed by atoms with van der Waals surface area (Å²) in [5.74, 6) is -2.37. The van der Waals surface area contributed by atoms with E-state index in [0.717, 1.165) is 17.8 Å². The number of fused-ring (bicyclic) bond motifs is 1. The molecule has 0 saturated carbocycles. The molecule has 3 aromatic rings. The highest BCUT2D eigenvalue weighted by Gasteiger charge is 2.33. The van der Waals surface area contributed by atoms with Crippen LogP contribution in [0.2, 0.25) is 0 Å². The Bertz CT molecular complexity index is 1200. The monoisotopic (exact) mass is 470 g/mol. The van der Waals surface area contributed by atoms with Crippen LogP contribution in [0.25, 0.3) is 0 Å². The number of benzene rings is 2. The summed E-state index contributed by atoms with van der Waals surface area (Å²) in [7, 11) is 0. The molecule has 4 rings (SSSR count). The largest absolute Gasteiger partial charge is 0.348 e. The number of aromatic nitrogens is 1. The molecule has 178 valence electrons. The van der Waals surface area contributed by atoms with Crippen LogP contribution >= 0.6 is 0 Å². The van der Waals surface area contributed by atoms with Gasteiger partial charge in [-0.15, -0.1) is 0 Å². The van der Waals surface area contributed by atoms with Crippen molar-refractivity contribution in [3.63, 3.8) is 0 Å². The predicted octanol–water partition coefficient (Wildman–Crippen LogP) is 4.78. The fourth-order valence-electron chi connectivity index (χ4n) is 4.24. The highest BCUT2D eigenvalue weighted by Crippen LogP contribution is 2.33. The first kappa shape index (κ1) is 23.4. The molecule has 3 amide bonds. The predicted molar refractivity (Wildman–Crippen MR) is 122 cm³/mol. The Balaban J connectivity index is 1.56. The number of nitrogens with zero attached hydrogens (tertiary/aromatic N) is 3. The third kappa shape index (κ3) is 4.93. The van der Waals surface area contributed by atoms with Gasteiger partial charge >= 0.3 is 6.03 Å². The van der Waals surface area contributed by atoms with Crippen LogP contribution in [0.4, 0.5) is 23.7 Å². The maximum absolute atomic E-state index is 14.0. The van der Waals surface area contributed by atoms with Gasteiger partial charge in [0.05, 0.1) is 11.7 Å². The Hall–Kier alpha value is -3.75. The number of nitrogens with one attached hydrogen (secondary N) is 1. The van der Waals surface area contributed by atoms with Gasteiger partial charge in [0.25, 0.3) is 0 Å². The first-order chi connectivity index (χ1) is 16.4. The van der Waals surface area contributed by atoms with E-state index in [4.69, 9.17) is 0 Å². The van der Waals surface area contributed by atoms with Gasteiger partial charge in [0.2, 0.25) is 5.91 Å². The molecule has 1 aliphatic heterocycles. The number of hydrogen-bond acceptors (Lipinski definition) is 2. The number of hydrogen-bond donors (Lipinski definition) is 1. The minimum Gasteiger partial charge on any atom is -0.348 e. The van der Waals surface area contributed by atoms with Gasteiger partial charge in [-0.2, -0.15) is 0 Å². The van der Waals surface area contributed by atoms with Crippen molar-refractivity contribution in [1.82, 2.24) is 14.4 Å². The number of anilines is 1. The first-order valence-corrected chi connectivity index (χ1v) is 11.1. The maximum Gasteiger partial charge on any atom is 0.322 e. The Morgan fingerprint density at radius 2 is 1.82 bits per heavy atom. The molecule has 0 radical (unpaired) electrons. The van der Waals surface area contributed by atoms with E-state index in [-0.39, 0.29) is 24.7 Å². The molecule has 6 nitrogen and oxygen atoms in total. The molecule has 1 aromatic heterocycles. The zero-order valence-electron chi connectivity index (χ0n) is 18.7. The van der Waals surface area contributed by atoms with E-state index in [2.05, 4.69) is 5.32 Å². The zero-order chi connectivity index (χ0) is 24.2. The smallest absolute Gasteiger partial charge is 0.322 e. The van der Waals surface area contributed by atoms with Crippen LogP contribution in [0.5, 0.6) is 0 Å². The summed E-state index contributed by atoms with van der Waals surface area (Å²) in [6, 6.07) is 11.6. The summed E-state index contributed by atoms with van der Waals surface area (Å²) in [5.41, 5.74) is 1.31. The lowest BCUT2D eigenvalue weighted by molar-refractivity contribution is -0.134. The molecule has 1 atom stereocenters. The third-order valence-electron chi connectivity index (χ3n) is 5.80. The van der Waals surface area contributed by atoms with Gasteiger partial charge in [0.1, 0.15) is 24.0 Å². The molecule has 1 unspecified atom stereocenters. The number of amides is 3. The number of rotatable bonds is 6. The van der Waals surface area contributed by atoms with Crippen LogP contribution in [-0.4, -0.2) is 45.9 Å². The molecule has 0 aliphatic carbocycles. The zero-order valence-corrected chi connectivity index (χ0v) is 18.7. The van der Waals surface area contributed by atoms with Crippen LogP contribution in [0.15, 0.2) is 60.8 Å². The van der Waals surface area contributed by atoms with Gasteiger partial charge in [-0.25, -0.2) is 18.0 Å². The molecule has 2 heterocycles. The van der Waals surface area contributed by atoms with E-state index in [1.807, 2.05) is 29.8 Å². The van der Waals surface area contributed by atoms with Gasteiger partial charge in [-0.05, 0) is 48.4 Å². The molecule has 1 aliphatic rings. The molecule has 0 bridgehead atoms. The number of urea groups is 1. The Morgan fingerprint density at radius 1 is 1.03 bits per heavy atom. The van der Waals surface area contributed by atoms with Crippen molar-refractivity contribution in [2.45, 2.75) is 25.9 Å². The minimum atomic E-state index is -0.904. The van der Waals surface area contributed by atoms with Crippen molar-refractivity contribution < 1.29 is 22.8 Å². The van der Waals surface area contributed by atoms with Crippen molar-refractivity contribution in [3.8, 4) is 0 Å². The lowest BCUT2D eigenvalue weighted by Crippen LogP contribution is -2.49. The molecule has 0 saturated heterocycles. The lowest BCUT2D eigenvalue weighted by atomic mass is 9.99. The molecule has 0 fully saturated rings. The van der Waals surface area contributed by atoms with Crippen molar-refractivity contribution >= 4 is 17.6 Å². The van der Waals surface area contributed by atoms with Crippen LogP contribution in [0.3, 0.4) is 0 Å². The van der Waals surface area contributed by atoms with Gasteiger partial charge in [-0.3, -0.25) is 4.79 Å². The number of carbonyl (C=O) groups excluding carboxylic acids is 2. The molecule has 1 N–H and O–H groups in total. The van der Waals surface area contributed by atoms with Gasteiger partial charge < -0.3 is 19.7 Å². The van der Waals surface area contributed by atoms with Crippen LogP contribution < -0.4 is 5.32 Å². The highest BCUT2D eigenvalue weighted by molar-refractivity contribution is 5.92. The van der Waals surface area contributed by atoms with E-state index in [0.29, 0.717) is 31.1 Å². The quantitative estimate of drug-likeness (QED) is 0.564. The van der Waals surface area contributed by atoms with Crippen molar-refractivity contribution in [2.75, 3.05) is 25.0 Å². The van der Waals surface area contributed by atoms with E-state index in [9.17, 15) is 22.8 Å². The molecule has 9 heteroatoms. The Kier molecular flexibility index (Phi) is 6.90. The fraction of sp³-hybridized carbons (Fsp3) is 0.280. The molecule has 34 heavy (non-hydrogen) atoms. The van der Waals surface area contributed by atoms with Crippen LogP contribution in [0.1, 0.15) is 30.6 Å². The normalized spacial score (nSPS) is 15.1.